The predicted molar refractivity (Wildman–Crippen MR) is 195 cm³/mol. The Morgan fingerprint density at radius 2 is 1.47 bits per heavy atom. The highest BCUT2D eigenvalue weighted by Crippen LogP contribution is 2.43. The Hall–Kier alpha value is -4.60. The molecule has 2 heterocycles. The number of benzene rings is 3. The van der Waals surface area contributed by atoms with Crippen molar-refractivity contribution in [2.75, 3.05) is 48.2 Å². The van der Waals surface area contributed by atoms with Gasteiger partial charge in [-0.2, -0.15) is 0 Å². The minimum atomic E-state index is -0.183. The fraction of sp³-hybridized carbons (Fsp3) is 0.487. The number of ether oxygens (including phenoxy) is 7. The number of rotatable bonds is 13. The molecule has 0 spiro atoms. The van der Waals surface area contributed by atoms with Crippen molar-refractivity contribution in [3.8, 4) is 46.0 Å². The van der Waals surface area contributed by atoms with Gasteiger partial charge >= 0.3 is 0 Å². The lowest BCUT2D eigenvalue weighted by Gasteiger charge is -2.25. The average molecular weight is 679 g/mol. The van der Waals surface area contributed by atoms with Crippen LogP contribution >= 0.6 is 0 Å². The summed E-state index contributed by atoms with van der Waals surface area (Å²) in [4.78, 5) is 19.6. The largest absolute Gasteiger partial charge is 0.493 e. The molecule has 0 N–H and O–H groups in total. The van der Waals surface area contributed by atoms with Crippen LogP contribution in [-0.4, -0.2) is 71.3 Å². The molecule has 10 heteroatoms. The maximum absolute atomic E-state index is 13.1. The lowest BCUT2D eigenvalue weighted by Crippen LogP contribution is -2.35. The smallest absolute Gasteiger partial charge is 0.256 e. The summed E-state index contributed by atoms with van der Waals surface area (Å²) in [6.07, 6.45) is 4.53. The van der Waals surface area contributed by atoms with Crippen LogP contribution in [0.5, 0.6) is 46.0 Å². The van der Waals surface area contributed by atoms with E-state index in [4.69, 9.17) is 33.2 Å². The van der Waals surface area contributed by atoms with E-state index in [9.17, 15) is 4.79 Å². The quantitative estimate of drug-likeness (QED) is 0.177. The summed E-state index contributed by atoms with van der Waals surface area (Å²) in [6.45, 7) is 15.9. The van der Waals surface area contributed by atoms with E-state index >= 15 is 0 Å². The van der Waals surface area contributed by atoms with Gasteiger partial charge in [-0.1, -0.05) is 41.5 Å². The first kappa shape index (κ1) is 38.8. The summed E-state index contributed by atoms with van der Waals surface area (Å²) < 4.78 is 40.4. The molecule has 0 bridgehead atoms. The molecule has 268 valence electrons. The number of carbonyl (C=O) groups is 1. The van der Waals surface area contributed by atoms with E-state index < -0.39 is 0 Å². The Balaban J connectivity index is 0.00000157. The van der Waals surface area contributed by atoms with E-state index in [0.717, 1.165) is 37.1 Å². The van der Waals surface area contributed by atoms with Crippen molar-refractivity contribution in [3.05, 3.63) is 53.6 Å². The average Bonchev–Trinajstić information content (AvgIpc) is 3.56. The molecule has 2 aliphatic heterocycles. The third kappa shape index (κ3) is 9.52. The van der Waals surface area contributed by atoms with Crippen molar-refractivity contribution in [2.24, 2.45) is 10.4 Å². The predicted octanol–water partition coefficient (Wildman–Crippen LogP) is 9.07. The zero-order valence-corrected chi connectivity index (χ0v) is 31.1. The molecule has 1 saturated heterocycles. The van der Waals surface area contributed by atoms with Crippen molar-refractivity contribution in [2.45, 2.75) is 73.8 Å². The van der Waals surface area contributed by atoms with Gasteiger partial charge in [-0.3, -0.25) is 9.79 Å². The number of methoxy groups -OCH3 is 4. The van der Waals surface area contributed by atoms with Crippen LogP contribution in [0.2, 0.25) is 0 Å². The Morgan fingerprint density at radius 1 is 0.796 bits per heavy atom. The van der Waals surface area contributed by atoms with E-state index in [2.05, 4.69) is 18.8 Å². The van der Waals surface area contributed by atoms with Gasteiger partial charge in [0, 0.05) is 36.4 Å². The van der Waals surface area contributed by atoms with Crippen LogP contribution in [0, 0.1) is 12.3 Å². The fourth-order valence-corrected chi connectivity index (χ4v) is 5.48. The Bertz CT molecular complexity index is 1540. The van der Waals surface area contributed by atoms with Gasteiger partial charge in [-0.25, -0.2) is 0 Å². The minimum Gasteiger partial charge on any atom is -0.493 e. The molecule has 1 atom stereocenters. The molecule has 1 amide bonds. The van der Waals surface area contributed by atoms with E-state index in [0.29, 0.717) is 64.7 Å². The normalized spacial score (nSPS) is 14.6. The highest BCUT2D eigenvalue weighted by atomic mass is 16.5. The number of aliphatic imine (C=N–C) groups is 1. The van der Waals surface area contributed by atoms with Crippen LogP contribution in [0.15, 0.2) is 47.5 Å². The number of hydrogen-bond donors (Lipinski definition) is 0. The molecule has 3 aromatic rings. The highest BCUT2D eigenvalue weighted by Gasteiger charge is 2.32. The first-order valence-electron chi connectivity index (χ1n) is 17.1. The molecular weight excluding hydrogens is 624 g/mol. The molecule has 1 fully saturated rings. The third-order valence-corrected chi connectivity index (χ3v) is 8.14. The van der Waals surface area contributed by atoms with Gasteiger partial charge in [0.1, 0.15) is 17.2 Å². The monoisotopic (exact) mass is 678 g/mol. The van der Waals surface area contributed by atoms with Crippen molar-refractivity contribution >= 4 is 17.8 Å². The van der Waals surface area contributed by atoms with Crippen molar-refractivity contribution in [1.29, 1.82) is 0 Å². The van der Waals surface area contributed by atoms with Crippen LogP contribution in [0.25, 0.3) is 0 Å². The van der Waals surface area contributed by atoms with Gasteiger partial charge in [0.25, 0.3) is 5.91 Å². The molecule has 10 nitrogen and oxygen atoms in total. The first-order valence-corrected chi connectivity index (χ1v) is 17.1. The van der Waals surface area contributed by atoms with E-state index in [1.807, 2.05) is 63.9 Å². The molecule has 0 aromatic heterocycles. The third-order valence-electron chi connectivity index (χ3n) is 8.14. The summed E-state index contributed by atoms with van der Waals surface area (Å²) in [6, 6.07) is 12.8. The van der Waals surface area contributed by atoms with E-state index in [1.54, 1.807) is 52.7 Å². The lowest BCUT2D eigenvalue weighted by molar-refractivity contribution is 0.0774. The molecule has 3 aromatic carbocycles. The summed E-state index contributed by atoms with van der Waals surface area (Å²) in [5, 5.41) is 0. The molecule has 1 unspecified atom stereocenters. The molecule has 0 saturated carbocycles. The van der Waals surface area contributed by atoms with Crippen LogP contribution < -0.4 is 33.2 Å². The second-order valence-corrected chi connectivity index (χ2v) is 11.9. The number of fused-ring (bicyclic) bond motifs is 2. The zero-order valence-electron chi connectivity index (χ0n) is 31.1. The second kappa shape index (κ2) is 18.2. The minimum absolute atomic E-state index is 0.0100. The van der Waals surface area contributed by atoms with Crippen LogP contribution in [0.3, 0.4) is 0 Å². The number of carbonyl (C=O) groups excluding carboxylic acids is 1. The summed E-state index contributed by atoms with van der Waals surface area (Å²) in [5.41, 5.74) is 1.89. The fourth-order valence-electron chi connectivity index (χ4n) is 5.48. The molecule has 0 radical (unpaired) electrons. The number of aryl methyl sites for hydroxylation is 1. The van der Waals surface area contributed by atoms with Gasteiger partial charge in [0.05, 0.1) is 58.9 Å². The van der Waals surface area contributed by atoms with E-state index in [1.165, 1.54) is 0 Å². The van der Waals surface area contributed by atoms with Gasteiger partial charge in [-0.05, 0) is 56.0 Å². The Labute approximate surface area is 292 Å². The molecular formula is C39H54N2O8. The van der Waals surface area contributed by atoms with Crippen LogP contribution in [0.1, 0.15) is 76.7 Å². The lowest BCUT2D eigenvalue weighted by atomic mass is 9.91. The Morgan fingerprint density at radius 3 is 2.08 bits per heavy atom. The standard InChI is InChI=1S/C35H42N2O8.2C2H6/c1-22-15-24(10-11-28(22)45-25-16-31(40-5)33(42-7)32(17-25)41-6)44-21-35(2,3)12-14-43-30-19-27-26(18-29(30)39-4)34(38)37-13-8-9-23(37)20-36-27;2*1-2/h10-11,15-20,23H,8-9,12-14,21H2,1-7H3;2*1-2H3. The van der Waals surface area contributed by atoms with Gasteiger partial charge in [-0.15, -0.1) is 0 Å². The van der Waals surface area contributed by atoms with E-state index in [-0.39, 0.29) is 17.4 Å². The maximum Gasteiger partial charge on any atom is 0.256 e. The first-order chi connectivity index (χ1) is 23.7. The van der Waals surface area contributed by atoms with Gasteiger partial charge < -0.3 is 38.1 Å². The summed E-state index contributed by atoms with van der Waals surface area (Å²) >= 11 is 0. The SMILES string of the molecule is CC.CC.COc1cc2c(cc1OCCC(C)(C)COc1ccc(Oc3cc(OC)c(OC)c(OC)c3)c(C)c1)N=CC1CCCN1C2=O. The van der Waals surface area contributed by atoms with Crippen LogP contribution in [-0.2, 0) is 0 Å². The molecule has 49 heavy (non-hydrogen) atoms. The number of hydrogen-bond acceptors (Lipinski definition) is 9. The number of nitrogens with zero attached hydrogens (tertiary/aromatic N) is 2. The number of amides is 1. The summed E-state index contributed by atoms with van der Waals surface area (Å²) in [5.74, 6) is 4.60. The zero-order chi connectivity index (χ0) is 36.1. The van der Waals surface area contributed by atoms with Crippen molar-refractivity contribution < 1.29 is 38.0 Å². The molecule has 0 aliphatic carbocycles. The topological polar surface area (TPSA) is 97.3 Å². The second-order valence-electron chi connectivity index (χ2n) is 11.9. The van der Waals surface area contributed by atoms with Crippen molar-refractivity contribution in [3.63, 3.8) is 0 Å². The maximum atomic E-state index is 13.1. The molecule has 2 aliphatic rings. The van der Waals surface area contributed by atoms with Gasteiger partial charge in [0.15, 0.2) is 23.0 Å². The summed E-state index contributed by atoms with van der Waals surface area (Å²) in [7, 11) is 6.28. The van der Waals surface area contributed by atoms with Gasteiger partial charge in [0.2, 0.25) is 5.75 Å². The van der Waals surface area contributed by atoms with Crippen LogP contribution in [0.4, 0.5) is 5.69 Å². The van der Waals surface area contributed by atoms with Crippen molar-refractivity contribution in [1.82, 2.24) is 4.90 Å². The molecule has 5 rings (SSSR count). The Kier molecular flexibility index (Phi) is 14.5. The highest BCUT2D eigenvalue weighted by molar-refractivity contribution is 6.03.